The standard InChI is InChI=1S/C12H20N6/c1-4-17-9-14-15-12(17)8-13-7-11-5-6-18(16-11)10(2)3/h5-6,9-10,13H,4,7-8H2,1-3H3. The van der Waals surface area contributed by atoms with Crippen LogP contribution in [-0.2, 0) is 19.6 Å². The highest BCUT2D eigenvalue weighted by atomic mass is 15.3. The van der Waals surface area contributed by atoms with Crippen LogP contribution in [0.4, 0.5) is 0 Å². The molecule has 0 unspecified atom stereocenters. The zero-order valence-corrected chi connectivity index (χ0v) is 11.2. The number of nitrogens with one attached hydrogen (secondary N) is 1. The third kappa shape index (κ3) is 2.95. The van der Waals surface area contributed by atoms with Crippen LogP contribution >= 0.6 is 0 Å². The van der Waals surface area contributed by atoms with E-state index in [1.807, 2.05) is 21.5 Å². The maximum absolute atomic E-state index is 4.48. The Labute approximate surface area is 107 Å². The Kier molecular flexibility index (Phi) is 4.09. The molecule has 0 aromatic carbocycles. The Morgan fingerprint density at radius 2 is 2.17 bits per heavy atom. The molecule has 0 saturated carbocycles. The number of hydrogen-bond donors (Lipinski definition) is 1. The van der Waals surface area contributed by atoms with Crippen molar-refractivity contribution in [2.24, 2.45) is 0 Å². The van der Waals surface area contributed by atoms with Gasteiger partial charge in [0.1, 0.15) is 12.2 Å². The molecule has 0 saturated heterocycles. The maximum Gasteiger partial charge on any atom is 0.146 e. The van der Waals surface area contributed by atoms with E-state index in [0.717, 1.165) is 24.6 Å². The van der Waals surface area contributed by atoms with Crippen LogP contribution in [0.3, 0.4) is 0 Å². The Hall–Kier alpha value is -1.69. The number of aromatic nitrogens is 5. The molecule has 1 N–H and O–H groups in total. The molecule has 2 heterocycles. The largest absolute Gasteiger partial charge is 0.317 e. The molecule has 0 radical (unpaired) electrons. The first-order chi connectivity index (χ1) is 8.70. The molecular weight excluding hydrogens is 228 g/mol. The van der Waals surface area contributed by atoms with Crippen molar-refractivity contribution in [3.8, 4) is 0 Å². The number of hydrogen-bond acceptors (Lipinski definition) is 4. The minimum absolute atomic E-state index is 0.405. The smallest absolute Gasteiger partial charge is 0.146 e. The van der Waals surface area contributed by atoms with Crippen molar-refractivity contribution in [1.82, 2.24) is 29.9 Å². The highest BCUT2D eigenvalue weighted by molar-refractivity contribution is 4.99. The number of nitrogens with zero attached hydrogens (tertiary/aromatic N) is 5. The Morgan fingerprint density at radius 3 is 2.83 bits per heavy atom. The van der Waals surface area contributed by atoms with E-state index in [9.17, 15) is 0 Å². The summed E-state index contributed by atoms with van der Waals surface area (Å²) < 4.78 is 3.99. The van der Waals surface area contributed by atoms with Gasteiger partial charge in [-0.15, -0.1) is 10.2 Å². The van der Waals surface area contributed by atoms with Gasteiger partial charge in [0.2, 0.25) is 0 Å². The monoisotopic (exact) mass is 248 g/mol. The average molecular weight is 248 g/mol. The highest BCUT2D eigenvalue weighted by Crippen LogP contribution is 2.04. The van der Waals surface area contributed by atoms with Crippen LogP contribution in [0, 0.1) is 0 Å². The summed E-state index contributed by atoms with van der Waals surface area (Å²) in [5.41, 5.74) is 1.05. The van der Waals surface area contributed by atoms with Crippen LogP contribution in [0.1, 0.15) is 38.3 Å². The molecule has 2 aromatic rings. The van der Waals surface area contributed by atoms with Crippen molar-refractivity contribution in [1.29, 1.82) is 0 Å². The first-order valence-electron chi connectivity index (χ1n) is 6.32. The summed E-state index contributed by atoms with van der Waals surface area (Å²) in [4.78, 5) is 0. The second kappa shape index (κ2) is 5.77. The van der Waals surface area contributed by atoms with Crippen LogP contribution in [0.2, 0.25) is 0 Å². The van der Waals surface area contributed by atoms with Gasteiger partial charge < -0.3 is 9.88 Å². The lowest BCUT2D eigenvalue weighted by Gasteiger charge is -2.05. The van der Waals surface area contributed by atoms with E-state index in [1.54, 1.807) is 6.33 Å². The van der Waals surface area contributed by atoms with E-state index in [2.05, 4.69) is 41.4 Å². The average Bonchev–Trinajstić information content (AvgIpc) is 2.97. The molecule has 0 spiro atoms. The summed E-state index contributed by atoms with van der Waals surface area (Å²) in [5.74, 6) is 0.959. The van der Waals surface area contributed by atoms with Crippen molar-refractivity contribution >= 4 is 0 Å². The second-order valence-corrected chi connectivity index (χ2v) is 4.52. The summed E-state index contributed by atoms with van der Waals surface area (Å²) in [6, 6.07) is 2.44. The van der Waals surface area contributed by atoms with Crippen molar-refractivity contribution in [2.45, 2.75) is 46.4 Å². The van der Waals surface area contributed by atoms with Gasteiger partial charge in [-0.3, -0.25) is 4.68 Å². The Morgan fingerprint density at radius 1 is 1.33 bits per heavy atom. The maximum atomic E-state index is 4.48. The van der Waals surface area contributed by atoms with E-state index in [0.29, 0.717) is 12.6 Å². The summed E-state index contributed by atoms with van der Waals surface area (Å²) in [7, 11) is 0. The molecule has 0 fully saturated rings. The molecule has 6 heteroatoms. The van der Waals surface area contributed by atoms with Gasteiger partial charge in [0, 0.05) is 25.3 Å². The molecule has 0 aliphatic carbocycles. The van der Waals surface area contributed by atoms with Gasteiger partial charge in [-0.2, -0.15) is 5.10 Å². The van der Waals surface area contributed by atoms with Crippen LogP contribution in [0.5, 0.6) is 0 Å². The molecular formula is C12H20N6. The molecule has 0 bridgehead atoms. The third-order valence-corrected chi connectivity index (χ3v) is 2.82. The van der Waals surface area contributed by atoms with Crippen molar-refractivity contribution in [2.75, 3.05) is 0 Å². The molecule has 0 aliphatic heterocycles. The van der Waals surface area contributed by atoms with Gasteiger partial charge in [0.25, 0.3) is 0 Å². The molecule has 98 valence electrons. The van der Waals surface area contributed by atoms with Gasteiger partial charge in [-0.05, 0) is 26.8 Å². The quantitative estimate of drug-likeness (QED) is 0.838. The third-order valence-electron chi connectivity index (χ3n) is 2.82. The minimum Gasteiger partial charge on any atom is -0.317 e. The second-order valence-electron chi connectivity index (χ2n) is 4.52. The fraction of sp³-hybridized carbons (Fsp3) is 0.583. The molecule has 0 aliphatic rings. The summed E-state index contributed by atoms with van der Waals surface area (Å²) in [6.45, 7) is 8.67. The van der Waals surface area contributed by atoms with Gasteiger partial charge in [0.15, 0.2) is 0 Å². The lowest BCUT2D eigenvalue weighted by Crippen LogP contribution is -2.17. The van der Waals surface area contributed by atoms with Gasteiger partial charge in [-0.1, -0.05) is 0 Å². The van der Waals surface area contributed by atoms with E-state index in [-0.39, 0.29) is 0 Å². The van der Waals surface area contributed by atoms with Gasteiger partial charge in [0.05, 0.1) is 12.2 Å². The van der Waals surface area contributed by atoms with Gasteiger partial charge >= 0.3 is 0 Å². The van der Waals surface area contributed by atoms with Crippen LogP contribution < -0.4 is 5.32 Å². The van der Waals surface area contributed by atoms with E-state index in [4.69, 9.17) is 0 Å². The topological polar surface area (TPSA) is 60.6 Å². The lowest BCUT2D eigenvalue weighted by molar-refractivity contribution is 0.519. The molecule has 2 rings (SSSR count). The first-order valence-corrected chi connectivity index (χ1v) is 6.32. The fourth-order valence-electron chi connectivity index (χ4n) is 1.74. The number of rotatable bonds is 6. The fourth-order valence-corrected chi connectivity index (χ4v) is 1.74. The SMILES string of the molecule is CCn1cnnc1CNCc1ccn(C(C)C)n1. The van der Waals surface area contributed by atoms with Gasteiger partial charge in [-0.25, -0.2) is 0 Å². The summed E-state index contributed by atoms with van der Waals surface area (Å²) >= 11 is 0. The number of aryl methyl sites for hydroxylation is 1. The molecule has 2 aromatic heterocycles. The molecule has 0 atom stereocenters. The lowest BCUT2D eigenvalue weighted by atomic mass is 10.4. The highest BCUT2D eigenvalue weighted by Gasteiger charge is 2.04. The van der Waals surface area contributed by atoms with E-state index in [1.165, 1.54) is 0 Å². The van der Waals surface area contributed by atoms with Crippen LogP contribution in [0.15, 0.2) is 18.6 Å². The predicted octanol–water partition coefficient (Wildman–Crippen LogP) is 1.37. The normalized spacial score (nSPS) is 11.3. The van der Waals surface area contributed by atoms with E-state index < -0.39 is 0 Å². The molecule has 0 amide bonds. The van der Waals surface area contributed by atoms with Crippen LogP contribution in [-0.4, -0.2) is 24.5 Å². The zero-order chi connectivity index (χ0) is 13.0. The van der Waals surface area contributed by atoms with Crippen molar-refractivity contribution in [3.63, 3.8) is 0 Å². The van der Waals surface area contributed by atoms with Crippen LogP contribution in [0.25, 0.3) is 0 Å². The molecule has 18 heavy (non-hydrogen) atoms. The first kappa shape index (κ1) is 12.8. The Bertz CT molecular complexity index is 484. The zero-order valence-electron chi connectivity index (χ0n) is 11.2. The van der Waals surface area contributed by atoms with Crippen molar-refractivity contribution in [3.05, 3.63) is 30.1 Å². The summed E-state index contributed by atoms with van der Waals surface area (Å²) in [5, 5.41) is 15.8. The summed E-state index contributed by atoms with van der Waals surface area (Å²) in [6.07, 6.45) is 3.76. The minimum atomic E-state index is 0.405. The molecule has 6 nitrogen and oxygen atoms in total. The van der Waals surface area contributed by atoms with Crippen molar-refractivity contribution < 1.29 is 0 Å². The predicted molar refractivity (Wildman–Crippen MR) is 68.9 cm³/mol. The van der Waals surface area contributed by atoms with E-state index >= 15 is 0 Å². The Balaban J connectivity index is 1.84.